The van der Waals surface area contributed by atoms with Crippen LogP contribution < -0.4 is 5.32 Å². The third-order valence-electron chi connectivity index (χ3n) is 5.07. The third-order valence-corrected chi connectivity index (χ3v) is 5.07. The summed E-state index contributed by atoms with van der Waals surface area (Å²) in [5.74, 6) is -0.174. The molecule has 8 heteroatoms. The van der Waals surface area contributed by atoms with Crippen LogP contribution in [0, 0.1) is 11.3 Å². The van der Waals surface area contributed by atoms with Crippen molar-refractivity contribution < 1.29 is 13.6 Å². The summed E-state index contributed by atoms with van der Waals surface area (Å²) >= 11 is 0. The largest absolute Gasteiger partial charge is 0.462 e. The summed E-state index contributed by atoms with van der Waals surface area (Å²) in [5.41, 5.74) is 1.62. The van der Waals surface area contributed by atoms with Gasteiger partial charge in [0.1, 0.15) is 12.2 Å². The zero-order valence-electron chi connectivity index (χ0n) is 14.3. The lowest BCUT2D eigenvalue weighted by molar-refractivity contribution is -0.132. The zero-order valence-corrected chi connectivity index (χ0v) is 14.3. The van der Waals surface area contributed by atoms with Crippen molar-refractivity contribution in [1.82, 2.24) is 14.8 Å². The van der Waals surface area contributed by atoms with Gasteiger partial charge in [0.05, 0.1) is 37.3 Å². The number of alkyl halides is 1. The van der Waals surface area contributed by atoms with Gasteiger partial charge in [-0.3, -0.25) is 14.7 Å². The average molecular weight is 357 g/mol. The molecule has 1 unspecified atom stereocenters. The Balaban J connectivity index is 1.35. The molecule has 4 rings (SSSR count). The molecule has 2 aliphatic heterocycles. The molecule has 0 saturated carbocycles. The molecule has 0 aliphatic carbocycles. The maximum Gasteiger partial charge on any atom is 0.237 e. The Morgan fingerprint density at radius 1 is 1.46 bits per heavy atom. The standard InChI is InChI=1S/C18H20FN5O2/c19-13-5-15(6-20)24(9-13)17(25)11-23-3-1-14(10-23)22-16-8-21-7-12-2-4-26-18(12)16/h2,4,7-8,13-15,22H,1,3,5,9-11H2/t13-,14-,15?/m0/s1. The summed E-state index contributed by atoms with van der Waals surface area (Å²) in [6.07, 6.45) is 5.03. The van der Waals surface area contributed by atoms with E-state index in [-0.39, 0.29) is 31.5 Å². The van der Waals surface area contributed by atoms with E-state index in [0.717, 1.165) is 29.6 Å². The van der Waals surface area contributed by atoms with Crippen molar-refractivity contribution in [2.24, 2.45) is 0 Å². The summed E-state index contributed by atoms with van der Waals surface area (Å²) in [5, 5.41) is 13.5. The summed E-state index contributed by atoms with van der Waals surface area (Å²) < 4.78 is 19.0. The molecule has 2 aliphatic rings. The lowest BCUT2D eigenvalue weighted by Gasteiger charge is -2.23. The second-order valence-electron chi connectivity index (χ2n) is 6.92. The quantitative estimate of drug-likeness (QED) is 0.898. The number of hydrogen-bond acceptors (Lipinski definition) is 6. The average Bonchev–Trinajstić information content (AvgIpc) is 3.34. The molecule has 7 nitrogen and oxygen atoms in total. The van der Waals surface area contributed by atoms with Crippen molar-refractivity contribution in [3.05, 3.63) is 24.7 Å². The Bertz CT molecular complexity index is 847. The molecular formula is C18H20FN5O2. The fourth-order valence-corrected chi connectivity index (χ4v) is 3.77. The van der Waals surface area contributed by atoms with Crippen molar-refractivity contribution in [2.75, 3.05) is 31.5 Å². The van der Waals surface area contributed by atoms with E-state index in [1.54, 1.807) is 18.7 Å². The highest BCUT2D eigenvalue weighted by atomic mass is 19.1. The number of rotatable bonds is 4. The lowest BCUT2D eigenvalue weighted by atomic mass is 10.2. The topological polar surface area (TPSA) is 85.4 Å². The first kappa shape index (κ1) is 16.8. The Hall–Kier alpha value is -2.66. The van der Waals surface area contributed by atoms with Crippen molar-refractivity contribution in [3.63, 3.8) is 0 Å². The van der Waals surface area contributed by atoms with Gasteiger partial charge in [-0.05, 0) is 12.5 Å². The number of hydrogen-bond donors (Lipinski definition) is 1. The molecule has 2 fully saturated rings. The van der Waals surface area contributed by atoms with Crippen LogP contribution in [0.1, 0.15) is 12.8 Å². The van der Waals surface area contributed by atoms with Gasteiger partial charge in [0.25, 0.3) is 0 Å². The van der Waals surface area contributed by atoms with Gasteiger partial charge in [-0.1, -0.05) is 0 Å². The predicted octanol–water partition coefficient (Wildman–Crippen LogP) is 1.78. The fourth-order valence-electron chi connectivity index (χ4n) is 3.77. The Kier molecular flexibility index (Phi) is 4.47. The van der Waals surface area contributed by atoms with Gasteiger partial charge in [0.15, 0.2) is 5.58 Å². The number of nitrogens with one attached hydrogen (secondary N) is 1. The minimum Gasteiger partial charge on any atom is -0.462 e. The van der Waals surface area contributed by atoms with Gasteiger partial charge in [-0.25, -0.2) is 4.39 Å². The van der Waals surface area contributed by atoms with Crippen LogP contribution >= 0.6 is 0 Å². The van der Waals surface area contributed by atoms with Crippen LogP contribution in [0.3, 0.4) is 0 Å². The molecule has 136 valence electrons. The molecule has 1 N–H and O–H groups in total. The van der Waals surface area contributed by atoms with E-state index in [1.165, 1.54) is 4.90 Å². The molecule has 2 aromatic rings. The maximum absolute atomic E-state index is 13.5. The SMILES string of the molecule is N#CC1C[C@H](F)CN1C(=O)CN1CC[C@H](Nc2cncc3ccoc23)C1. The van der Waals surface area contributed by atoms with Crippen LogP contribution in [0.2, 0.25) is 0 Å². The van der Waals surface area contributed by atoms with E-state index in [1.807, 2.05) is 17.0 Å². The normalized spacial score (nSPS) is 26.3. The number of halogens is 1. The minimum atomic E-state index is -1.10. The molecule has 26 heavy (non-hydrogen) atoms. The van der Waals surface area contributed by atoms with Crippen molar-refractivity contribution in [1.29, 1.82) is 5.26 Å². The van der Waals surface area contributed by atoms with E-state index in [4.69, 9.17) is 9.68 Å². The fraction of sp³-hybridized carbons (Fsp3) is 0.500. The highest BCUT2D eigenvalue weighted by Crippen LogP contribution is 2.25. The first-order valence-corrected chi connectivity index (χ1v) is 8.77. The number of carbonyl (C=O) groups is 1. The van der Waals surface area contributed by atoms with E-state index in [9.17, 15) is 9.18 Å². The Labute approximate surface area is 150 Å². The first-order chi connectivity index (χ1) is 12.6. The zero-order chi connectivity index (χ0) is 18.1. The highest BCUT2D eigenvalue weighted by Gasteiger charge is 2.36. The molecule has 0 bridgehead atoms. The summed E-state index contributed by atoms with van der Waals surface area (Å²) in [7, 11) is 0. The van der Waals surface area contributed by atoms with Crippen molar-refractivity contribution >= 4 is 22.6 Å². The van der Waals surface area contributed by atoms with Gasteiger partial charge >= 0.3 is 0 Å². The number of pyridine rings is 1. The number of aromatic nitrogens is 1. The summed E-state index contributed by atoms with van der Waals surface area (Å²) in [4.78, 5) is 20.1. The number of fused-ring (bicyclic) bond motifs is 1. The van der Waals surface area contributed by atoms with Gasteiger partial charge in [0.2, 0.25) is 5.91 Å². The van der Waals surface area contributed by atoms with Crippen molar-refractivity contribution in [3.8, 4) is 6.07 Å². The second-order valence-corrected chi connectivity index (χ2v) is 6.92. The number of nitrogens with zero attached hydrogens (tertiary/aromatic N) is 4. The number of amides is 1. The van der Waals surface area contributed by atoms with E-state index >= 15 is 0 Å². The number of nitriles is 1. The minimum absolute atomic E-state index is 0.0265. The van der Waals surface area contributed by atoms with E-state index in [2.05, 4.69) is 10.3 Å². The monoisotopic (exact) mass is 357 g/mol. The van der Waals surface area contributed by atoms with Crippen LogP contribution in [-0.4, -0.2) is 65.1 Å². The molecule has 4 heterocycles. The summed E-state index contributed by atoms with van der Waals surface area (Å²) in [6.45, 7) is 1.72. The van der Waals surface area contributed by atoms with E-state index < -0.39 is 12.2 Å². The molecule has 0 aromatic carbocycles. The van der Waals surface area contributed by atoms with Crippen LogP contribution in [0.15, 0.2) is 29.1 Å². The van der Waals surface area contributed by atoms with Gasteiger partial charge in [0, 0.05) is 37.1 Å². The summed E-state index contributed by atoms with van der Waals surface area (Å²) in [6, 6.07) is 3.43. The van der Waals surface area contributed by atoms with Crippen LogP contribution in [0.25, 0.3) is 11.0 Å². The first-order valence-electron chi connectivity index (χ1n) is 8.77. The molecule has 1 amide bonds. The highest BCUT2D eigenvalue weighted by molar-refractivity contribution is 5.87. The lowest BCUT2D eigenvalue weighted by Crippen LogP contribution is -2.42. The number of anilines is 1. The van der Waals surface area contributed by atoms with Crippen LogP contribution in [0.4, 0.5) is 10.1 Å². The van der Waals surface area contributed by atoms with Crippen LogP contribution in [-0.2, 0) is 4.79 Å². The molecule has 0 radical (unpaired) electrons. The number of furan rings is 1. The molecular weight excluding hydrogens is 337 g/mol. The van der Waals surface area contributed by atoms with Gasteiger partial charge in [-0.2, -0.15) is 5.26 Å². The Morgan fingerprint density at radius 2 is 2.35 bits per heavy atom. The molecule has 2 aromatic heterocycles. The van der Waals surface area contributed by atoms with Gasteiger partial charge < -0.3 is 14.6 Å². The predicted molar refractivity (Wildman–Crippen MR) is 93.1 cm³/mol. The van der Waals surface area contributed by atoms with Gasteiger partial charge in [-0.15, -0.1) is 0 Å². The molecule has 0 spiro atoms. The molecule has 3 atom stereocenters. The maximum atomic E-state index is 13.5. The van der Waals surface area contributed by atoms with Crippen LogP contribution in [0.5, 0.6) is 0 Å². The Morgan fingerprint density at radius 3 is 3.19 bits per heavy atom. The molecule has 2 saturated heterocycles. The third kappa shape index (κ3) is 3.22. The smallest absolute Gasteiger partial charge is 0.237 e. The second kappa shape index (κ2) is 6.92. The number of likely N-dealkylation sites (tertiary alicyclic amines) is 2. The van der Waals surface area contributed by atoms with E-state index in [0.29, 0.717) is 6.54 Å². The number of carbonyl (C=O) groups excluding carboxylic acids is 1. The van der Waals surface area contributed by atoms with Crippen molar-refractivity contribution in [2.45, 2.75) is 31.1 Å².